The third-order valence-electron chi connectivity index (χ3n) is 8.15. The van der Waals surface area contributed by atoms with Crippen LogP contribution in [0.25, 0.3) is 0 Å². The Kier molecular flexibility index (Phi) is 9.80. The molecule has 42 heavy (non-hydrogen) atoms. The minimum Gasteiger partial charge on any atom is -0.444 e. The van der Waals surface area contributed by atoms with Gasteiger partial charge in [0.15, 0.2) is 5.78 Å². The summed E-state index contributed by atoms with van der Waals surface area (Å²) in [5.41, 5.74) is -1.35. The Bertz CT molecular complexity index is 1310. The summed E-state index contributed by atoms with van der Waals surface area (Å²) in [6.45, 7) is 5.61. The van der Waals surface area contributed by atoms with Crippen LogP contribution in [0.3, 0.4) is 0 Å². The summed E-state index contributed by atoms with van der Waals surface area (Å²) in [5, 5.41) is 2.72. The molecule has 2 N–H and O–H groups in total. The van der Waals surface area contributed by atoms with Crippen molar-refractivity contribution in [1.82, 2.24) is 14.9 Å². The molecule has 11 heteroatoms. The number of Topliss-reactive ketones (excluding diaryl/α,β-unsaturated/α-hetero) is 1. The highest BCUT2D eigenvalue weighted by Gasteiger charge is 2.61. The van der Waals surface area contributed by atoms with Crippen molar-refractivity contribution < 1.29 is 32.3 Å². The monoisotopic (exact) mass is 601 g/mol. The predicted octanol–water partition coefficient (Wildman–Crippen LogP) is 4.00. The van der Waals surface area contributed by atoms with E-state index >= 15 is 0 Å². The number of ketones is 1. The van der Waals surface area contributed by atoms with Crippen LogP contribution in [0, 0.1) is 11.3 Å². The molecule has 1 aromatic rings. The van der Waals surface area contributed by atoms with E-state index in [-0.39, 0.29) is 29.8 Å². The lowest BCUT2D eigenvalue weighted by molar-refractivity contribution is -0.140. The van der Waals surface area contributed by atoms with Gasteiger partial charge in [0.1, 0.15) is 11.6 Å². The van der Waals surface area contributed by atoms with Gasteiger partial charge in [-0.3, -0.25) is 19.1 Å². The van der Waals surface area contributed by atoms with Crippen LogP contribution >= 0.6 is 0 Å². The Morgan fingerprint density at radius 1 is 1.05 bits per heavy atom. The van der Waals surface area contributed by atoms with E-state index in [1.807, 2.05) is 12.2 Å². The van der Waals surface area contributed by atoms with Crippen molar-refractivity contribution in [2.24, 2.45) is 11.3 Å². The molecule has 2 heterocycles. The molecule has 1 saturated heterocycles. The average Bonchev–Trinajstić information content (AvgIpc) is 3.35. The molecule has 230 valence electrons. The van der Waals surface area contributed by atoms with Crippen LogP contribution in [0.1, 0.15) is 84.1 Å². The normalized spacial score (nSPS) is 28.0. The van der Waals surface area contributed by atoms with Crippen molar-refractivity contribution in [3.63, 3.8) is 0 Å². The van der Waals surface area contributed by atoms with Crippen molar-refractivity contribution in [2.75, 3.05) is 6.54 Å². The van der Waals surface area contributed by atoms with Crippen molar-refractivity contribution in [3.8, 4) is 0 Å². The van der Waals surface area contributed by atoms with Gasteiger partial charge in [-0.15, -0.1) is 0 Å². The summed E-state index contributed by atoms with van der Waals surface area (Å²) in [5.74, 6) is -1.88. The zero-order valence-corrected chi connectivity index (χ0v) is 25.6. The van der Waals surface area contributed by atoms with Gasteiger partial charge in [0, 0.05) is 13.0 Å². The minimum atomic E-state index is -3.99. The standard InChI is InChI=1S/C31H43N3O7S/c1-30(2,3)41-29(38)32-24-16-11-6-4-5-10-15-23-19-31(23,20-26(35)25-17-12-18-34(25)27(24)36)28(37)33-42(39,40)21-22-13-8-7-9-14-22/h7-10,13-15,23-25H,4-6,11-12,16-21H2,1-3H3,(H,32,38)(H,33,37)/b15-10-/t23-,24+,25+,31-/m1/s1. The molecular weight excluding hydrogens is 558 g/mol. The lowest BCUT2D eigenvalue weighted by Crippen LogP contribution is -2.52. The summed E-state index contributed by atoms with van der Waals surface area (Å²) < 4.78 is 33.4. The largest absolute Gasteiger partial charge is 0.444 e. The first-order chi connectivity index (χ1) is 19.8. The van der Waals surface area contributed by atoms with Crippen LogP contribution < -0.4 is 10.0 Å². The fourth-order valence-corrected chi connectivity index (χ4v) is 7.14. The van der Waals surface area contributed by atoms with Gasteiger partial charge in [0.2, 0.25) is 21.8 Å². The molecule has 3 aliphatic rings. The van der Waals surface area contributed by atoms with Gasteiger partial charge in [0.25, 0.3) is 0 Å². The Hall–Kier alpha value is -3.21. The molecule has 2 aliphatic heterocycles. The van der Waals surface area contributed by atoms with Crippen molar-refractivity contribution in [1.29, 1.82) is 0 Å². The number of amides is 3. The molecule has 4 atom stereocenters. The zero-order chi connectivity index (χ0) is 30.5. The molecule has 4 rings (SSSR count). The number of hydrogen-bond donors (Lipinski definition) is 2. The lowest BCUT2D eigenvalue weighted by Gasteiger charge is -2.30. The van der Waals surface area contributed by atoms with Crippen molar-refractivity contribution in [2.45, 2.75) is 102 Å². The summed E-state index contributed by atoms with van der Waals surface area (Å²) in [6, 6.07) is 7.03. The molecule has 0 radical (unpaired) electrons. The van der Waals surface area contributed by atoms with Gasteiger partial charge in [-0.05, 0) is 70.8 Å². The van der Waals surface area contributed by atoms with E-state index in [1.165, 1.54) is 4.90 Å². The molecule has 0 bridgehead atoms. The van der Waals surface area contributed by atoms with E-state index in [0.29, 0.717) is 44.2 Å². The van der Waals surface area contributed by atoms with Crippen LogP contribution in [0.5, 0.6) is 0 Å². The maximum absolute atomic E-state index is 13.7. The molecule has 0 unspecified atom stereocenters. The fourth-order valence-electron chi connectivity index (χ4n) is 5.95. The number of nitrogens with zero attached hydrogens (tertiary/aromatic N) is 1. The summed E-state index contributed by atoms with van der Waals surface area (Å²) in [7, 11) is -3.99. The smallest absolute Gasteiger partial charge is 0.408 e. The van der Waals surface area contributed by atoms with Gasteiger partial charge < -0.3 is 15.0 Å². The van der Waals surface area contributed by atoms with Crippen LogP contribution in [0.15, 0.2) is 42.5 Å². The second-order valence-electron chi connectivity index (χ2n) is 12.7. The highest BCUT2D eigenvalue weighted by molar-refractivity contribution is 7.89. The van der Waals surface area contributed by atoms with Gasteiger partial charge in [-0.1, -0.05) is 55.3 Å². The molecular formula is C31H43N3O7S. The molecule has 10 nitrogen and oxygen atoms in total. The maximum atomic E-state index is 13.7. The summed E-state index contributed by atoms with van der Waals surface area (Å²) in [4.78, 5) is 55.1. The van der Waals surface area contributed by atoms with Gasteiger partial charge in [-0.25, -0.2) is 13.2 Å². The summed E-state index contributed by atoms with van der Waals surface area (Å²) >= 11 is 0. The Balaban J connectivity index is 1.53. The van der Waals surface area contributed by atoms with E-state index < -0.39 is 45.1 Å². The van der Waals surface area contributed by atoms with E-state index in [0.717, 1.165) is 19.3 Å². The third kappa shape index (κ3) is 8.20. The van der Waals surface area contributed by atoms with Gasteiger partial charge in [0.05, 0.1) is 17.2 Å². The first-order valence-electron chi connectivity index (χ1n) is 14.9. The second-order valence-corrected chi connectivity index (χ2v) is 14.5. The number of alkyl carbamates (subject to hydrolysis) is 1. The van der Waals surface area contributed by atoms with Crippen LogP contribution in [-0.4, -0.2) is 61.2 Å². The molecule has 0 spiro atoms. The molecule has 3 amide bonds. The molecule has 1 aliphatic carbocycles. The third-order valence-corrected chi connectivity index (χ3v) is 9.36. The second kappa shape index (κ2) is 13.0. The molecule has 0 aromatic heterocycles. The number of carbonyl (C=O) groups excluding carboxylic acids is 4. The Morgan fingerprint density at radius 3 is 2.50 bits per heavy atom. The van der Waals surface area contributed by atoms with Gasteiger partial charge in [-0.2, -0.15) is 0 Å². The topological polar surface area (TPSA) is 139 Å². The minimum absolute atomic E-state index is 0.159. The number of benzene rings is 1. The number of sulfonamides is 1. The average molecular weight is 602 g/mol. The van der Waals surface area contributed by atoms with Crippen LogP contribution in [0.4, 0.5) is 4.79 Å². The lowest BCUT2D eigenvalue weighted by atomic mass is 9.91. The van der Waals surface area contributed by atoms with Crippen LogP contribution in [0.2, 0.25) is 0 Å². The Labute approximate surface area is 248 Å². The van der Waals surface area contributed by atoms with E-state index in [4.69, 9.17) is 4.74 Å². The number of carbonyl (C=O) groups is 4. The number of ether oxygens (including phenoxy) is 1. The van der Waals surface area contributed by atoms with Crippen molar-refractivity contribution in [3.05, 3.63) is 48.0 Å². The fraction of sp³-hybridized carbons (Fsp3) is 0.613. The van der Waals surface area contributed by atoms with E-state index in [1.54, 1.807) is 51.1 Å². The quantitative estimate of drug-likeness (QED) is 0.487. The first-order valence-corrected chi connectivity index (χ1v) is 16.5. The SMILES string of the molecule is CC(C)(C)OC(=O)N[C@H]1CCCCC/C=C\[C@@H]2C[C@@]2(C(=O)NS(=O)(=O)Cc2ccccc2)CC(=O)[C@@H]2CCCN2C1=O. The molecule has 1 aromatic carbocycles. The Morgan fingerprint density at radius 2 is 1.79 bits per heavy atom. The molecule has 1 saturated carbocycles. The van der Waals surface area contributed by atoms with Gasteiger partial charge >= 0.3 is 6.09 Å². The number of allylic oxidation sites excluding steroid dienone is 2. The summed E-state index contributed by atoms with van der Waals surface area (Å²) in [6.07, 6.45) is 8.09. The highest BCUT2D eigenvalue weighted by atomic mass is 32.2. The van der Waals surface area contributed by atoms with E-state index in [9.17, 15) is 27.6 Å². The molecule has 2 fully saturated rings. The number of fused-ring (bicyclic) bond motifs is 2. The number of nitrogens with one attached hydrogen (secondary N) is 2. The zero-order valence-electron chi connectivity index (χ0n) is 24.8. The highest BCUT2D eigenvalue weighted by Crippen LogP contribution is 2.57. The number of hydrogen-bond acceptors (Lipinski definition) is 7. The van der Waals surface area contributed by atoms with Crippen molar-refractivity contribution >= 4 is 33.7 Å². The van der Waals surface area contributed by atoms with Crippen LogP contribution in [-0.2, 0) is 34.9 Å². The first kappa shape index (κ1) is 31.7. The maximum Gasteiger partial charge on any atom is 0.408 e. The number of rotatable bonds is 5. The predicted molar refractivity (Wildman–Crippen MR) is 157 cm³/mol. The van der Waals surface area contributed by atoms with E-state index in [2.05, 4.69) is 10.0 Å².